The van der Waals surface area contributed by atoms with Crippen LogP contribution in [0.2, 0.25) is 0 Å². The summed E-state index contributed by atoms with van der Waals surface area (Å²) in [6, 6.07) is 0. The minimum Gasteiger partial charge on any atom is -0.391 e. The lowest BCUT2D eigenvalue weighted by atomic mass is 10.3. The van der Waals surface area contributed by atoms with Gasteiger partial charge in [0, 0.05) is 0 Å². The highest BCUT2D eigenvalue weighted by Crippen LogP contribution is 1.93. The standard InChI is InChI=1S/C9H18O5S/c1-2-9(10)8-14-6-4-3-5-7-15(11,12)13/h3-4,9-10H,2,5-8H2,1H3,(H,11,12,13)/b4-3+. The lowest BCUT2D eigenvalue weighted by molar-refractivity contribution is 0.0473. The van der Waals surface area contributed by atoms with Gasteiger partial charge in [0.25, 0.3) is 10.1 Å². The molecule has 0 aliphatic carbocycles. The summed E-state index contributed by atoms with van der Waals surface area (Å²) < 4.78 is 34.1. The van der Waals surface area contributed by atoms with Gasteiger partial charge in [-0.15, -0.1) is 0 Å². The van der Waals surface area contributed by atoms with Crippen molar-refractivity contribution in [2.45, 2.75) is 25.9 Å². The first kappa shape index (κ1) is 14.6. The average molecular weight is 238 g/mol. The van der Waals surface area contributed by atoms with Crippen LogP contribution < -0.4 is 0 Å². The van der Waals surface area contributed by atoms with Gasteiger partial charge < -0.3 is 9.84 Å². The smallest absolute Gasteiger partial charge is 0.265 e. The molecule has 0 aliphatic rings. The first-order valence-electron chi connectivity index (χ1n) is 4.81. The molecule has 0 aromatic heterocycles. The van der Waals surface area contributed by atoms with Gasteiger partial charge in [0.15, 0.2) is 0 Å². The van der Waals surface area contributed by atoms with Gasteiger partial charge in [-0.25, -0.2) is 0 Å². The fraction of sp³-hybridized carbons (Fsp3) is 0.778. The normalized spacial score (nSPS) is 14.6. The van der Waals surface area contributed by atoms with E-state index in [1.807, 2.05) is 6.92 Å². The van der Waals surface area contributed by atoms with E-state index in [0.29, 0.717) is 13.0 Å². The first-order chi connectivity index (χ1) is 6.95. The van der Waals surface area contributed by atoms with Crippen molar-refractivity contribution in [1.82, 2.24) is 0 Å². The Bertz CT molecular complexity index is 270. The lowest BCUT2D eigenvalue weighted by Gasteiger charge is -2.06. The maximum atomic E-state index is 10.3. The molecule has 0 spiro atoms. The van der Waals surface area contributed by atoms with Crippen LogP contribution in [0.1, 0.15) is 19.8 Å². The van der Waals surface area contributed by atoms with Crippen molar-refractivity contribution in [3.05, 3.63) is 12.2 Å². The van der Waals surface area contributed by atoms with Gasteiger partial charge in [-0.2, -0.15) is 8.42 Å². The minimum absolute atomic E-state index is 0.262. The van der Waals surface area contributed by atoms with E-state index in [4.69, 9.17) is 14.4 Å². The summed E-state index contributed by atoms with van der Waals surface area (Å²) in [5, 5.41) is 9.11. The van der Waals surface area contributed by atoms with Crippen molar-refractivity contribution in [3.8, 4) is 0 Å². The third kappa shape index (κ3) is 11.5. The molecule has 6 heteroatoms. The Morgan fingerprint density at radius 1 is 1.40 bits per heavy atom. The van der Waals surface area contributed by atoms with Crippen molar-refractivity contribution < 1.29 is 22.8 Å². The molecule has 2 N–H and O–H groups in total. The fourth-order valence-corrected chi connectivity index (χ4v) is 1.23. The van der Waals surface area contributed by atoms with Gasteiger partial charge in [-0.1, -0.05) is 19.1 Å². The molecule has 0 saturated carbocycles. The highest BCUT2D eigenvalue weighted by atomic mass is 32.2. The van der Waals surface area contributed by atoms with Crippen LogP contribution in [0.15, 0.2) is 12.2 Å². The molecule has 1 atom stereocenters. The minimum atomic E-state index is -3.87. The molecular formula is C9H18O5S. The van der Waals surface area contributed by atoms with E-state index < -0.39 is 16.2 Å². The van der Waals surface area contributed by atoms with Crippen molar-refractivity contribution in [2.24, 2.45) is 0 Å². The van der Waals surface area contributed by atoms with Crippen LogP contribution in [0, 0.1) is 0 Å². The monoisotopic (exact) mass is 238 g/mol. The second kappa shape index (κ2) is 7.81. The van der Waals surface area contributed by atoms with Gasteiger partial charge in [-0.3, -0.25) is 4.55 Å². The van der Waals surface area contributed by atoms with Crippen molar-refractivity contribution in [3.63, 3.8) is 0 Å². The molecule has 0 amide bonds. The Hall–Kier alpha value is -0.430. The number of ether oxygens (including phenoxy) is 1. The SMILES string of the molecule is CCC(O)COC/C=C/CCS(=O)(=O)O. The summed E-state index contributed by atoms with van der Waals surface area (Å²) in [7, 11) is -3.87. The average Bonchev–Trinajstić information content (AvgIpc) is 2.14. The van der Waals surface area contributed by atoms with Gasteiger partial charge in [-0.05, 0) is 12.8 Å². The van der Waals surface area contributed by atoms with E-state index in [2.05, 4.69) is 0 Å². The molecule has 0 radical (unpaired) electrons. The quantitative estimate of drug-likeness (QED) is 0.368. The van der Waals surface area contributed by atoms with Crippen LogP contribution in [0.4, 0.5) is 0 Å². The predicted molar refractivity (Wildman–Crippen MR) is 57.3 cm³/mol. The zero-order valence-electron chi connectivity index (χ0n) is 8.80. The van der Waals surface area contributed by atoms with Gasteiger partial charge in [0.2, 0.25) is 0 Å². The summed E-state index contributed by atoms with van der Waals surface area (Å²) in [5.41, 5.74) is 0. The number of hydrogen-bond donors (Lipinski definition) is 2. The molecule has 0 bridgehead atoms. The fourth-order valence-electron chi connectivity index (χ4n) is 0.793. The van der Waals surface area contributed by atoms with Crippen molar-refractivity contribution in [1.29, 1.82) is 0 Å². The third-order valence-electron chi connectivity index (χ3n) is 1.70. The highest BCUT2D eigenvalue weighted by molar-refractivity contribution is 7.85. The molecule has 0 heterocycles. The van der Waals surface area contributed by atoms with Gasteiger partial charge in [0.1, 0.15) is 0 Å². The first-order valence-corrected chi connectivity index (χ1v) is 6.42. The largest absolute Gasteiger partial charge is 0.391 e. The molecule has 0 fully saturated rings. The maximum Gasteiger partial charge on any atom is 0.265 e. The molecule has 1 unspecified atom stereocenters. The summed E-state index contributed by atoms with van der Waals surface area (Å²) in [5.74, 6) is -0.277. The Kier molecular flexibility index (Phi) is 7.59. The predicted octanol–water partition coefficient (Wildman–Crippen LogP) is 0.608. The van der Waals surface area contributed by atoms with Crippen LogP contribution in [0.5, 0.6) is 0 Å². The highest BCUT2D eigenvalue weighted by Gasteiger charge is 2.00. The zero-order chi connectivity index (χ0) is 11.7. The Balaban J connectivity index is 3.40. The number of hydrogen-bond acceptors (Lipinski definition) is 4. The maximum absolute atomic E-state index is 10.3. The summed E-state index contributed by atoms with van der Waals surface area (Å²) in [6.07, 6.45) is 3.74. The van der Waals surface area contributed by atoms with E-state index in [9.17, 15) is 8.42 Å². The van der Waals surface area contributed by atoms with Crippen molar-refractivity contribution >= 4 is 10.1 Å². The second-order valence-electron chi connectivity index (χ2n) is 3.15. The van der Waals surface area contributed by atoms with E-state index in [0.717, 1.165) is 0 Å². The molecule has 15 heavy (non-hydrogen) atoms. The van der Waals surface area contributed by atoms with Crippen LogP contribution in [-0.4, -0.2) is 43.1 Å². The number of aliphatic hydroxyl groups is 1. The number of aliphatic hydroxyl groups excluding tert-OH is 1. The Morgan fingerprint density at radius 3 is 2.60 bits per heavy atom. The molecule has 90 valence electrons. The summed E-state index contributed by atoms with van der Waals surface area (Å²) >= 11 is 0. The molecule has 0 aromatic rings. The van der Waals surface area contributed by atoms with E-state index in [-0.39, 0.29) is 18.8 Å². The van der Waals surface area contributed by atoms with Crippen LogP contribution in [-0.2, 0) is 14.9 Å². The number of allylic oxidation sites excluding steroid dienone is 1. The summed E-state index contributed by atoms with van der Waals surface area (Å²) in [6.45, 7) is 2.47. The lowest BCUT2D eigenvalue weighted by Crippen LogP contribution is -2.13. The van der Waals surface area contributed by atoms with Crippen LogP contribution in [0.3, 0.4) is 0 Å². The molecule has 0 rings (SSSR count). The van der Waals surface area contributed by atoms with Crippen LogP contribution >= 0.6 is 0 Å². The molecule has 0 aliphatic heterocycles. The van der Waals surface area contributed by atoms with E-state index in [1.54, 1.807) is 12.2 Å². The summed E-state index contributed by atoms with van der Waals surface area (Å²) in [4.78, 5) is 0. The Labute approximate surface area is 90.5 Å². The second-order valence-corrected chi connectivity index (χ2v) is 4.72. The molecule has 0 aromatic carbocycles. The zero-order valence-corrected chi connectivity index (χ0v) is 9.61. The van der Waals surface area contributed by atoms with Crippen molar-refractivity contribution in [2.75, 3.05) is 19.0 Å². The Morgan fingerprint density at radius 2 is 2.07 bits per heavy atom. The topological polar surface area (TPSA) is 83.8 Å². The van der Waals surface area contributed by atoms with Crippen LogP contribution in [0.25, 0.3) is 0 Å². The van der Waals surface area contributed by atoms with E-state index in [1.165, 1.54) is 0 Å². The molecular weight excluding hydrogens is 220 g/mol. The molecule has 5 nitrogen and oxygen atoms in total. The number of rotatable bonds is 8. The van der Waals surface area contributed by atoms with E-state index >= 15 is 0 Å². The molecule has 0 saturated heterocycles. The third-order valence-corrected chi connectivity index (χ3v) is 2.46. The van der Waals surface area contributed by atoms with Gasteiger partial charge in [0.05, 0.1) is 25.1 Å². The van der Waals surface area contributed by atoms with Gasteiger partial charge >= 0.3 is 0 Å².